The average molecular weight is 200 g/mol. The van der Waals surface area contributed by atoms with Gasteiger partial charge in [0.15, 0.2) is 0 Å². The van der Waals surface area contributed by atoms with Gasteiger partial charge in [0.1, 0.15) is 12.7 Å². The van der Waals surface area contributed by atoms with E-state index in [1.807, 2.05) is 0 Å². The van der Waals surface area contributed by atoms with Gasteiger partial charge in [-0.25, -0.2) is 9.67 Å². The molecule has 2 aromatic rings. The number of benzene rings is 1. The van der Waals surface area contributed by atoms with Gasteiger partial charge in [-0.2, -0.15) is 5.10 Å². The SMILES string of the molecule is c1ncn(-c2ccc3c(c2)CCCN3)n1. The fourth-order valence-corrected chi connectivity index (χ4v) is 1.95. The molecule has 0 aliphatic carbocycles. The molecule has 2 heterocycles. The van der Waals surface area contributed by atoms with Crippen molar-refractivity contribution >= 4 is 5.69 Å². The van der Waals surface area contributed by atoms with Gasteiger partial charge < -0.3 is 5.32 Å². The summed E-state index contributed by atoms with van der Waals surface area (Å²) >= 11 is 0. The molecule has 0 fully saturated rings. The van der Waals surface area contributed by atoms with Crippen LogP contribution in [-0.4, -0.2) is 21.3 Å². The maximum Gasteiger partial charge on any atom is 0.138 e. The first-order valence-corrected chi connectivity index (χ1v) is 5.15. The molecule has 0 atom stereocenters. The predicted molar refractivity (Wildman–Crippen MR) is 58.2 cm³/mol. The molecule has 76 valence electrons. The molecule has 1 aromatic carbocycles. The molecule has 0 amide bonds. The Morgan fingerprint density at radius 2 is 2.33 bits per heavy atom. The van der Waals surface area contributed by atoms with E-state index in [2.05, 4.69) is 33.6 Å². The third-order valence-electron chi connectivity index (χ3n) is 2.71. The van der Waals surface area contributed by atoms with Crippen molar-refractivity contribution in [2.75, 3.05) is 11.9 Å². The van der Waals surface area contributed by atoms with Gasteiger partial charge >= 0.3 is 0 Å². The second-order valence-electron chi connectivity index (χ2n) is 3.71. The molecule has 4 nitrogen and oxygen atoms in total. The van der Waals surface area contributed by atoms with E-state index in [1.54, 1.807) is 17.3 Å². The van der Waals surface area contributed by atoms with Crippen molar-refractivity contribution in [1.82, 2.24) is 14.8 Å². The van der Waals surface area contributed by atoms with E-state index < -0.39 is 0 Å². The van der Waals surface area contributed by atoms with Crippen molar-refractivity contribution in [3.05, 3.63) is 36.4 Å². The summed E-state index contributed by atoms with van der Waals surface area (Å²) < 4.78 is 1.79. The molecule has 1 aliphatic rings. The third kappa shape index (κ3) is 1.48. The van der Waals surface area contributed by atoms with Gasteiger partial charge in [0, 0.05) is 12.2 Å². The minimum atomic E-state index is 1.08. The molecular formula is C11H12N4. The van der Waals surface area contributed by atoms with E-state index in [-0.39, 0.29) is 0 Å². The first-order valence-electron chi connectivity index (χ1n) is 5.15. The van der Waals surface area contributed by atoms with Crippen LogP contribution in [0.2, 0.25) is 0 Å². The summed E-state index contributed by atoms with van der Waals surface area (Å²) in [6.07, 6.45) is 5.62. The van der Waals surface area contributed by atoms with Gasteiger partial charge in [0.05, 0.1) is 5.69 Å². The summed E-state index contributed by atoms with van der Waals surface area (Å²) in [7, 11) is 0. The van der Waals surface area contributed by atoms with E-state index in [9.17, 15) is 0 Å². The number of aryl methyl sites for hydroxylation is 1. The zero-order valence-corrected chi connectivity index (χ0v) is 8.35. The molecule has 1 aliphatic heterocycles. The molecule has 0 bridgehead atoms. The van der Waals surface area contributed by atoms with Crippen molar-refractivity contribution < 1.29 is 0 Å². The standard InChI is InChI=1S/C11H12N4/c1-2-9-6-10(15-8-12-7-14-15)3-4-11(9)13-5-1/h3-4,6-8,13H,1-2,5H2. The predicted octanol–water partition coefficient (Wildman–Crippen LogP) is 1.63. The van der Waals surface area contributed by atoms with Crippen LogP contribution in [0.15, 0.2) is 30.9 Å². The lowest BCUT2D eigenvalue weighted by Gasteiger charge is -2.18. The largest absolute Gasteiger partial charge is 0.385 e. The molecule has 1 aromatic heterocycles. The maximum atomic E-state index is 4.12. The summed E-state index contributed by atoms with van der Waals surface area (Å²) in [6, 6.07) is 6.35. The Kier molecular flexibility index (Phi) is 1.91. The van der Waals surface area contributed by atoms with Crippen LogP contribution in [0.25, 0.3) is 5.69 Å². The second-order valence-corrected chi connectivity index (χ2v) is 3.71. The lowest BCUT2D eigenvalue weighted by molar-refractivity contribution is 0.820. The molecule has 4 heteroatoms. The molecule has 0 saturated carbocycles. The maximum absolute atomic E-state index is 4.12. The second kappa shape index (κ2) is 3.38. The highest BCUT2D eigenvalue weighted by molar-refractivity contribution is 5.57. The zero-order valence-electron chi connectivity index (χ0n) is 8.35. The highest BCUT2D eigenvalue weighted by Gasteiger charge is 2.09. The summed E-state index contributed by atoms with van der Waals surface area (Å²) in [5, 5.41) is 7.51. The zero-order chi connectivity index (χ0) is 10.1. The third-order valence-corrected chi connectivity index (χ3v) is 2.71. The van der Waals surface area contributed by atoms with Crippen LogP contribution in [0.3, 0.4) is 0 Å². The van der Waals surface area contributed by atoms with E-state index in [1.165, 1.54) is 17.7 Å². The number of nitrogens with one attached hydrogen (secondary N) is 1. The molecule has 1 N–H and O–H groups in total. The number of anilines is 1. The summed E-state index contributed by atoms with van der Waals surface area (Å²) in [5.41, 5.74) is 3.70. The highest BCUT2D eigenvalue weighted by Crippen LogP contribution is 2.23. The monoisotopic (exact) mass is 200 g/mol. The van der Waals surface area contributed by atoms with Crippen molar-refractivity contribution in [1.29, 1.82) is 0 Å². The van der Waals surface area contributed by atoms with Crippen molar-refractivity contribution in [3.63, 3.8) is 0 Å². The smallest absolute Gasteiger partial charge is 0.138 e. The summed E-state index contributed by atoms with van der Waals surface area (Å²) in [5.74, 6) is 0. The fraction of sp³-hybridized carbons (Fsp3) is 0.273. The Morgan fingerprint density at radius 3 is 3.20 bits per heavy atom. The summed E-state index contributed by atoms with van der Waals surface area (Å²) in [6.45, 7) is 1.08. The van der Waals surface area contributed by atoms with E-state index in [0.717, 1.165) is 18.7 Å². The molecule has 0 unspecified atom stereocenters. The van der Waals surface area contributed by atoms with Crippen LogP contribution >= 0.6 is 0 Å². The number of hydrogen-bond acceptors (Lipinski definition) is 3. The summed E-state index contributed by atoms with van der Waals surface area (Å²) in [4.78, 5) is 3.95. The first-order chi connectivity index (χ1) is 7.43. The Balaban J connectivity index is 2.04. The fourth-order valence-electron chi connectivity index (χ4n) is 1.95. The molecule has 3 rings (SSSR count). The normalized spacial score (nSPS) is 14.4. The molecular weight excluding hydrogens is 188 g/mol. The Morgan fingerprint density at radius 1 is 1.33 bits per heavy atom. The van der Waals surface area contributed by atoms with Gasteiger partial charge in [-0.3, -0.25) is 0 Å². The van der Waals surface area contributed by atoms with E-state index in [0.29, 0.717) is 0 Å². The Labute approximate surface area is 88.0 Å². The lowest BCUT2D eigenvalue weighted by atomic mass is 10.0. The first kappa shape index (κ1) is 8.47. The molecule has 0 radical (unpaired) electrons. The number of rotatable bonds is 1. The minimum absolute atomic E-state index is 1.08. The molecule has 0 saturated heterocycles. The van der Waals surface area contributed by atoms with Gasteiger partial charge in [0.25, 0.3) is 0 Å². The van der Waals surface area contributed by atoms with E-state index in [4.69, 9.17) is 0 Å². The van der Waals surface area contributed by atoms with Crippen molar-refractivity contribution in [2.24, 2.45) is 0 Å². The van der Waals surface area contributed by atoms with Gasteiger partial charge in [-0.1, -0.05) is 0 Å². The van der Waals surface area contributed by atoms with Crippen molar-refractivity contribution in [2.45, 2.75) is 12.8 Å². The Bertz CT molecular complexity index is 461. The van der Waals surface area contributed by atoms with Gasteiger partial charge in [0.2, 0.25) is 0 Å². The molecule has 15 heavy (non-hydrogen) atoms. The van der Waals surface area contributed by atoms with Gasteiger partial charge in [-0.15, -0.1) is 0 Å². The molecule has 0 spiro atoms. The van der Waals surface area contributed by atoms with Crippen LogP contribution in [0.1, 0.15) is 12.0 Å². The number of aromatic nitrogens is 3. The number of nitrogens with zero attached hydrogens (tertiary/aromatic N) is 3. The van der Waals surface area contributed by atoms with Crippen LogP contribution < -0.4 is 5.32 Å². The minimum Gasteiger partial charge on any atom is -0.385 e. The quantitative estimate of drug-likeness (QED) is 0.760. The van der Waals surface area contributed by atoms with Crippen LogP contribution in [0.4, 0.5) is 5.69 Å². The van der Waals surface area contributed by atoms with Gasteiger partial charge in [-0.05, 0) is 36.6 Å². The highest BCUT2D eigenvalue weighted by atomic mass is 15.3. The topological polar surface area (TPSA) is 42.7 Å². The van der Waals surface area contributed by atoms with Crippen molar-refractivity contribution in [3.8, 4) is 5.69 Å². The average Bonchev–Trinajstić information content (AvgIpc) is 2.82. The van der Waals surface area contributed by atoms with Crippen LogP contribution in [-0.2, 0) is 6.42 Å². The Hall–Kier alpha value is -1.84. The number of fused-ring (bicyclic) bond motifs is 1. The van der Waals surface area contributed by atoms with E-state index >= 15 is 0 Å². The lowest BCUT2D eigenvalue weighted by Crippen LogP contribution is -2.12. The van der Waals surface area contributed by atoms with Crippen LogP contribution in [0.5, 0.6) is 0 Å². The van der Waals surface area contributed by atoms with Crippen LogP contribution in [0, 0.1) is 0 Å². The number of hydrogen-bond donors (Lipinski definition) is 1.